The highest BCUT2D eigenvalue weighted by Gasteiger charge is 2.36. The minimum Gasteiger partial charge on any atom is -0.486 e. The number of likely N-dealkylation sites (tertiary alicyclic amines) is 1. The van der Waals surface area contributed by atoms with Gasteiger partial charge in [0.25, 0.3) is 5.91 Å². The maximum atomic E-state index is 12.8. The van der Waals surface area contributed by atoms with Crippen molar-refractivity contribution in [3.8, 4) is 11.5 Å². The largest absolute Gasteiger partial charge is 0.486 e. The van der Waals surface area contributed by atoms with Gasteiger partial charge in [-0.2, -0.15) is 0 Å². The van der Waals surface area contributed by atoms with Crippen LogP contribution in [0.3, 0.4) is 0 Å². The van der Waals surface area contributed by atoms with Gasteiger partial charge in [0, 0.05) is 24.8 Å². The first-order valence-corrected chi connectivity index (χ1v) is 8.49. The number of carbonyl (C=O) groups is 1. The van der Waals surface area contributed by atoms with Gasteiger partial charge in [0.15, 0.2) is 11.5 Å². The summed E-state index contributed by atoms with van der Waals surface area (Å²) in [5.41, 5.74) is 0.277. The number of benzene rings is 1. The van der Waals surface area contributed by atoms with E-state index in [1.165, 1.54) is 0 Å². The summed E-state index contributed by atoms with van der Waals surface area (Å²) in [5, 5.41) is 10.8. The number of fused-ring (bicyclic) bond motifs is 1. The molecule has 0 unspecified atom stereocenters. The van der Waals surface area contributed by atoms with Gasteiger partial charge in [-0.25, -0.2) is 0 Å². The first-order valence-electron chi connectivity index (χ1n) is 8.49. The molecule has 1 aromatic carbocycles. The number of hydrogen-bond donors (Lipinski definition) is 1. The van der Waals surface area contributed by atoms with Crippen molar-refractivity contribution in [1.29, 1.82) is 0 Å². The Labute approximate surface area is 146 Å². The Hall–Kier alpha value is -2.60. The molecule has 1 N–H and O–H groups in total. The summed E-state index contributed by atoms with van der Waals surface area (Å²) in [7, 11) is 0. The molecule has 0 atom stereocenters. The standard InChI is InChI=1S/C19H20N2O4/c22-18(14-4-5-15-16(13-14)25-12-11-24-15)21-9-6-19(23,7-10-21)17-3-1-2-8-20-17/h1-5,8,13,23H,6-7,9-12H2. The molecular formula is C19H20N2O4. The van der Waals surface area contributed by atoms with Crippen LogP contribution >= 0.6 is 0 Å². The Morgan fingerprint density at radius 1 is 1.08 bits per heavy atom. The van der Waals surface area contributed by atoms with Crippen LogP contribution in [0.1, 0.15) is 28.9 Å². The van der Waals surface area contributed by atoms with Crippen LogP contribution in [-0.2, 0) is 5.60 Å². The number of piperidine rings is 1. The summed E-state index contributed by atoms with van der Waals surface area (Å²) < 4.78 is 11.0. The molecule has 0 saturated carbocycles. The zero-order chi connectivity index (χ0) is 17.3. The maximum absolute atomic E-state index is 12.8. The molecule has 1 fully saturated rings. The fourth-order valence-corrected chi connectivity index (χ4v) is 3.33. The van der Waals surface area contributed by atoms with Gasteiger partial charge in [-0.05, 0) is 43.2 Å². The lowest BCUT2D eigenvalue weighted by Crippen LogP contribution is -2.45. The van der Waals surface area contributed by atoms with Gasteiger partial charge in [-0.1, -0.05) is 6.07 Å². The Kier molecular flexibility index (Phi) is 4.05. The normalized spacial score (nSPS) is 18.7. The van der Waals surface area contributed by atoms with E-state index in [2.05, 4.69) is 4.98 Å². The van der Waals surface area contributed by atoms with Crippen molar-refractivity contribution in [2.75, 3.05) is 26.3 Å². The number of ether oxygens (including phenoxy) is 2. The second kappa shape index (κ2) is 6.37. The Morgan fingerprint density at radius 2 is 1.84 bits per heavy atom. The fourth-order valence-electron chi connectivity index (χ4n) is 3.33. The highest BCUT2D eigenvalue weighted by molar-refractivity contribution is 5.95. The molecule has 3 heterocycles. The van der Waals surface area contributed by atoms with Gasteiger partial charge in [-0.15, -0.1) is 0 Å². The Bertz CT molecular complexity index is 770. The Morgan fingerprint density at radius 3 is 2.56 bits per heavy atom. The first kappa shape index (κ1) is 15.9. The fraction of sp³-hybridized carbons (Fsp3) is 0.368. The molecule has 2 aliphatic heterocycles. The molecular weight excluding hydrogens is 320 g/mol. The van der Waals surface area contributed by atoms with Crippen molar-refractivity contribution >= 4 is 5.91 Å². The monoisotopic (exact) mass is 340 g/mol. The lowest BCUT2D eigenvalue weighted by atomic mass is 9.87. The van der Waals surface area contributed by atoms with Crippen molar-refractivity contribution < 1.29 is 19.4 Å². The zero-order valence-electron chi connectivity index (χ0n) is 13.9. The van der Waals surface area contributed by atoms with E-state index < -0.39 is 5.60 Å². The topological polar surface area (TPSA) is 71.9 Å². The number of aromatic nitrogens is 1. The third kappa shape index (κ3) is 3.05. The van der Waals surface area contributed by atoms with Crippen LogP contribution < -0.4 is 9.47 Å². The van der Waals surface area contributed by atoms with Crippen LogP contribution in [0.15, 0.2) is 42.6 Å². The predicted octanol–water partition coefficient (Wildman–Crippen LogP) is 1.98. The molecule has 0 bridgehead atoms. The van der Waals surface area contributed by atoms with E-state index in [9.17, 15) is 9.90 Å². The molecule has 1 aromatic heterocycles. The van der Waals surface area contributed by atoms with E-state index >= 15 is 0 Å². The predicted molar refractivity (Wildman–Crippen MR) is 90.7 cm³/mol. The van der Waals surface area contributed by atoms with Gasteiger partial charge < -0.3 is 19.5 Å². The second-order valence-corrected chi connectivity index (χ2v) is 6.40. The minimum atomic E-state index is -0.967. The Balaban J connectivity index is 1.46. The number of nitrogens with zero attached hydrogens (tertiary/aromatic N) is 2. The lowest BCUT2D eigenvalue weighted by molar-refractivity contribution is -0.0244. The van der Waals surface area contributed by atoms with E-state index in [0.29, 0.717) is 61.9 Å². The van der Waals surface area contributed by atoms with Gasteiger partial charge in [-0.3, -0.25) is 9.78 Å². The summed E-state index contributed by atoms with van der Waals surface area (Å²) in [6.45, 7) is 1.99. The smallest absolute Gasteiger partial charge is 0.253 e. The molecule has 0 aliphatic carbocycles. The van der Waals surface area contributed by atoms with Crippen molar-refractivity contribution in [1.82, 2.24) is 9.88 Å². The van der Waals surface area contributed by atoms with Crippen LogP contribution in [0.4, 0.5) is 0 Å². The highest BCUT2D eigenvalue weighted by Crippen LogP contribution is 2.34. The molecule has 1 saturated heterocycles. The summed E-state index contributed by atoms with van der Waals surface area (Å²) in [4.78, 5) is 18.8. The van der Waals surface area contributed by atoms with Crippen molar-refractivity contribution in [2.24, 2.45) is 0 Å². The van der Waals surface area contributed by atoms with E-state index in [1.54, 1.807) is 29.3 Å². The van der Waals surface area contributed by atoms with Crippen molar-refractivity contribution in [3.63, 3.8) is 0 Å². The summed E-state index contributed by atoms with van der Waals surface area (Å²) in [5.74, 6) is 1.23. The molecule has 6 heteroatoms. The molecule has 2 aromatic rings. The molecule has 2 aliphatic rings. The van der Waals surface area contributed by atoms with Gasteiger partial charge in [0.2, 0.25) is 0 Å². The van der Waals surface area contributed by atoms with E-state index in [0.717, 1.165) is 0 Å². The molecule has 0 spiro atoms. The lowest BCUT2D eigenvalue weighted by Gasteiger charge is -2.37. The quantitative estimate of drug-likeness (QED) is 0.905. The van der Waals surface area contributed by atoms with Gasteiger partial charge >= 0.3 is 0 Å². The SMILES string of the molecule is O=C(c1ccc2c(c1)OCCO2)N1CCC(O)(c2ccccn2)CC1. The third-order valence-corrected chi connectivity index (χ3v) is 4.81. The summed E-state index contributed by atoms with van der Waals surface area (Å²) in [6.07, 6.45) is 2.63. The summed E-state index contributed by atoms with van der Waals surface area (Å²) >= 11 is 0. The van der Waals surface area contributed by atoms with Crippen molar-refractivity contribution in [2.45, 2.75) is 18.4 Å². The zero-order valence-corrected chi connectivity index (χ0v) is 13.9. The highest BCUT2D eigenvalue weighted by atomic mass is 16.6. The molecule has 0 radical (unpaired) electrons. The number of amides is 1. The molecule has 1 amide bonds. The van der Waals surface area contributed by atoms with Crippen LogP contribution in [0.25, 0.3) is 0 Å². The van der Waals surface area contributed by atoms with E-state index in [4.69, 9.17) is 9.47 Å². The number of pyridine rings is 1. The van der Waals surface area contributed by atoms with E-state index in [1.807, 2.05) is 18.2 Å². The summed E-state index contributed by atoms with van der Waals surface area (Å²) in [6, 6.07) is 10.8. The van der Waals surface area contributed by atoms with Crippen LogP contribution in [0, 0.1) is 0 Å². The maximum Gasteiger partial charge on any atom is 0.253 e. The van der Waals surface area contributed by atoms with Crippen LogP contribution in [0.2, 0.25) is 0 Å². The molecule has 4 rings (SSSR count). The number of carbonyl (C=O) groups excluding carboxylic acids is 1. The van der Waals surface area contributed by atoms with Crippen LogP contribution in [-0.4, -0.2) is 47.2 Å². The van der Waals surface area contributed by atoms with Crippen molar-refractivity contribution in [3.05, 3.63) is 53.9 Å². The molecule has 25 heavy (non-hydrogen) atoms. The van der Waals surface area contributed by atoms with Gasteiger partial charge in [0.1, 0.15) is 18.8 Å². The number of rotatable bonds is 2. The van der Waals surface area contributed by atoms with E-state index in [-0.39, 0.29) is 5.91 Å². The van der Waals surface area contributed by atoms with Crippen LogP contribution in [0.5, 0.6) is 11.5 Å². The average Bonchev–Trinajstić information content (AvgIpc) is 2.68. The molecule has 6 nitrogen and oxygen atoms in total. The number of aliphatic hydroxyl groups is 1. The first-order chi connectivity index (χ1) is 12.2. The van der Waals surface area contributed by atoms with Gasteiger partial charge in [0.05, 0.1) is 5.69 Å². The minimum absolute atomic E-state index is 0.0555. The third-order valence-electron chi connectivity index (χ3n) is 4.81. The second-order valence-electron chi connectivity index (χ2n) is 6.40. The molecule has 130 valence electrons. The number of hydrogen-bond acceptors (Lipinski definition) is 5. The average molecular weight is 340 g/mol.